The number of likely N-dealkylation sites (N-methyl/N-ethyl adjacent to an activating group) is 1. The molecular weight excluding hydrogens is 272 g/mol. The normalized spacial score (nSPS) is 18.9. The van der Waals surface area contributed by atoms with Gasteiger partial charge in [-0.05, 0) is 13.8 Å². The minimum atomic E-state index is -1.21. The molecular formula is C10H16N4O6. The lowest BCUT2D eigenvalue weighted by Crippen LogP contribution is -2.41. The van der Waals surface area contributed by atoms with Crippen LogP contribution in [-0.4, -0.2) is 57.1 Å². The van der Waals surface area contributed by atoms with E-state index in [0.29, 0.717) is 0 Å². The lowest BCUT2D eigenvalue weighted by atomic mass is 10.3. The number of imide groups is 1. The maximum Gasteiger partial charge on any atom is 0.331 e. The van der Waals surface area contributed by atoms with Crippen molar-refractivity contribution >= 4 is 17.8 Å². The third-order valence-corrected chi connectivity index (χ3v) is 2.91. The van der Waals surface area contributed by atoms with Crippen molar-refractivity contribution in [2.75, 3.05) is 7.05 Å². The fourth-order valence-electron chi connectivity index (χ4n) is 1.52. The third-order valence-electron chi connectivity index (χ3n) is 2.91. The Kier molecular flexibility index (Phi) is 4.83. The van der Waals surface area contributed by atoms with Gasteiger partial charge < -0.3 is 15.2 Å². The maximum absolute atomic E-state index is 11.5. The molecule has 2 atom stereocenters. The Balaban J connectivity index is 2.64. The smallest absolute Gasteiger partial charge is 0.331 e. The molecule has 1 aliphatic heterocycles. The van der Waals surface area contributed by atoms with Gasteiger partial charge in [0.25, 0.3) is 0 Å². The highest BCUT2D eigenvalue weighted by Gasteiger charge is 2.34. The van der Waals surface area contributed by atoms with E-state index >= 15 is 0 Å². The van der Waals surface area contributed by atoms with E-state index in [1.165, 1.54) is 20.9 Å². The molecule has 112 valence electrons. The van der Waals surface area contributed by atoms with Crippen LogP contribution >= 0.6 is 0 Å². The molecule has 1 saturated heterocycles. The standard InChI is InChI=1S/C10H16N4O6/c1-6(10(17)18)12(3)14(19)11-20-7(2)13-8(15)4-5-9(13)16/h6-7H,4-5H2,1-3H3,(H,17,18)/b14-11-/t6-,7?/m0/s1. The lowest BCUT2D eigenvalue weighted by molar-refractivity contribution is -0.711. The minimum Gasteiger partial charge on any atom is -0.569 e. The van der Waals surface area contributed by atoms with Crippen molar-refractivity contribution in [3.63, 3.8) is 0 Å². The second kappa shape index (κ2) is 6.17. The van der Waals surface area contributed by atoms with Gasteiger partial charge in [-0.15, -0.1) is 5.01 Å². The predicted octanol–water partition coefficient (Wildman–Crippen LogP) is -0.305. The number of carboxylic acid groups (broad SMARTS) is 1. The molecule has 1 unspecified atom stereocenters. The van der Waals surface area contributed by atoms with Crippen LogP contribution in [0.25, 0.3) is 0 Å². The van der Waals surface area contributed by atoms with E-state index < -0.39 is 30.1 Å². The number of hydrazine groups is 1. The molecule has 0 aromatic heterocycles. The summed E-state index contributed by atoms with van der Waals surface area (Å²) >= 11 is 0. The lowest BCUT2D eigenvalue weighted by Gasteiger charge is -2.20. The van der Waals surface area contributed by atoms with E-state index in [1.807, 2.05) is 0 Å². The van der Waals surface area contributed by atoms with Gasteiger partial charge in [0.1, 0.15) is 0 Å². The largest absolute Gasteiger partial charge is 0.569 e. The average molecular weight is 288 g/mol. The second-order valence-electron chi connectivity index (χ2n) is 4.28. The van der Waals surface area contributed by atoms with Crippen molar-refractivity contribution in [2.24, 2.45) is 5.28 Å². The molecule has 1 rings (SSSR count). The number of likely N-dealkylation sites (tertiary alicyclic amines) is 1. The van der Waals surface area contributed by atoms with E-state index in [9.17, 15) is 19.6 Å². The van der Waals surface area contributed by atoms with E-state index in [4.69, 9.17) is 9.94 Å². The fourth-order valence-corrected chi connectivity index (χ4v) is 1.52. The summed E-state index contributed by atoms with van der Waals surface area (Å²) in [5.41, 5.74) is 0. The molecule has 10 heteroatoms. The summed E-state index contributed by atoms with van der Waals surface area (Å²) in [6.07, 6.45) is -0.824. The molecule has 0 aliphatic carbocycles. The van der Waals surface area contributed by atoms with Crippen LogP contribution in [0.3, 0.4) is 0 Å². The number of amides is 2. The Morgan fingerprint density at radius 3 is 2.40 bits per heavy atom. The zero-order valence-corrected chi connectivity index (χ0v) is 11.3. The highest BCUT2D eigenvalue weighted by molar-refractivity contribution is 6.02. The van der Waals surface area contributed by atoms with Crippen LogP contribution < -0.4 is 0 Å². The van der Waals surface area contributed by atoms with Crippen LogP contribution in [0.15, 0.2) is 5.28 Å². The second-order valence-corrected chi connectivity index (χ2v) is 4.28. The summed E-state index contributed by atoms with van der Waals surface area (Å²) in [6.45, 7) is 2.68. The van der Waals surface area contributed by atoms with Gasteiger partial charge >= 0.3 is 5.97 Å². The number of hydrogen-bond donors (Lipinski definition) is 1. The van der Waals surface area contributed by atoms with Crippen LogP contribution in [-0.2, 0) is 19.2 Å². The topological polar surface area (TPSA) is 126 Å². The van der Waals surface area contributed by atoms with Gasteiger partial charge in [0.05, 0.1) is 12.0 Å². The molecule has 1 fully saturated rings. The molecule has 20 heavy (non-hydrogen) atoms. The molecule has 1 aliphatic rings. The van der Waals surface area contributed by atoms with Gasteiger partial charge in [-0.25, -0.2) is 9.69 Å². The van der Waals surface area contributed by atoms with Crippen molar-refractivity contribution in [1.82, 2.24) is 9.91 Å². The molecule has 0 aromatic carbocycles. The Morgan fingerprint density at radius 2 is 1.95 bits per heavy atom. The Bertz CT molecular complexity index is 435. The molecule has 10 nitrogen and oxygen atoms in total. The number of carbonyl (C=O) groups is 3. The van der Waals surface area contributed by atoms with Crippen LogP contribution in [0, 0.1) is 5.21 Å². The first-order chi connectivity index (χ1) is 9.25. The molecule has 1 heterocycles. The molecule has 0 radical (unpaired) electrons. The highest BCUT2D eigenvalue weighted by Crippen LogP contribution is 2.16. The zero-order chi connectivity index (χ0) is 15.4. The van der Waals surface area contributed by atoms with Gasteiger partial charge in [-0.3, -0.25) is 9.59 Å². The summed E-state index contributed by atoms with van der Waals surface area (Å²) in [5, 5.41) is 24.1. The number of carboxylic acids is 1. The number of nitrogens with zero attached hydrogens (tertiary/aromatic N) is 4. The van der Waals surface area contributed by atoms with Gasteiger partial charge in [0, 0.05) is 12.8 Å². The highest BCUT2D eigenvalue weighted by atomic mass is 16.7. The minimum absolute atomic E-state index is 0.0552. The predicted molar refractivity (Wildman–Crippen MR) is 62.6 cm³/mol. The van der Waals surface area contributed by atoms with Crippen molar-refractivity contribution in [3.8, 4) is 0 Å². The van der Waals surface area contributed by atoms with Crippen LogP contribution in [0.2, 0.25) is 0 Å². The van der Waals surface area contributed by atoms with Gasteiger partial charge in [-0.1, -0.05) is 0 Å². The van der Waals surface area contributed by atoms with E-state index in [1.54, 1.807) is 0 Å². The summed E-state index contributed by atoms with van der Waals surface area (Å²) in [4.78, 5) is 39.1. The Labute approximate surface area is 114 Å². The summed E-state index contributed by atoms with van der Waals surface area (Å²) in [7, 11) is 1.22. The first-order valence-corrected chi connectivity index (χ1v) is 5.90. The van der Waals surface area contributed by atoms with Crippen molar-refractivity contribution in [2.45, 2.75) is 39.0 Å². The zero-order valence-electron chi connectivity index (χ0n) is 11.3. The molecule has 1 N–H and O–H groups in total. The molecule has 0 saturated carbocycles. The molecule has 2 amide bonds. The van der Waals surface area contributed by atoms with Gasteiger partial charge in [-0.2, -0.15) is 0 Å². The first-order valence-electron chi connectivity index (χ1n) is 5.90. The van der Waals surface area contributed by atoms with Crippen molar-refractivity contribution in [1.29, 1.82) is 0 Å². The number of rotatable bonds is 6. The summed E-state index contributed by atoms with van der Waals surface area (Å²) in [6, 6.07) is -1.11. The monoisotopic (exact) mass is 288 g/mol. The van der Waals surface area contributed by atoms with Crippen LogP contribution in [0.1, 0.15) is 26.7 Å². The SMILES string of the molecule is CC(O/N=[N+](\[O-])N(C)[C@@H](C)C(=O)O)N1C(=O)CCC1=O. The van der Waals surface area contributed by atoms with E-state index in [0.717, 1.165) is 9.91 Å². The molecule has 0 aromatic rings. The first kappa shape index (κ1) is 15.7. The van der Waals surface area contributed by atoms with Crippen molar-refractivity contribution < 1.29 is 29.3 Å². The Morgan fingerprint density at radius 1 is 1.45 bits per heavy atom. The number of hydrogen-bond acceptors (Lipinski definition) is 6. The average Bonchev–Trinajstić information content (AvgIpc) is 2.73. The summed E-state index contributed by atoms with van der Waals surface area (Å²) in [5.74, 6) is -2.01. The third kappa shape index (κ3) is 3.33. The number of aliphatic carboxylic acids is 1. The summed E-state index contributed by atoms with van der Waals surface area (Å²) < 4.78 is 0. The fraction of sp³-hybridized carbons (Fsp3) is 0.700. The van der Waals surface area contributed by atoms with Gasteiger partial charge in [0.15, 0.2) is 6.04 Å². The Hall–Kier alpha value is -2.39. The van der Waals surface area contributed by atoms with Gasteiger partial charge in [0.2, 0.25) is 23.3 Å². The van der Waals surface area contributed by atoms with Crippen molar-refractivity contribution in [3.05, 3.63) is 5.21 Å². The van der Waals surface area contributed by atoms with Crippen LogP contribution in [0.4, 0.5) is 0 Å². The number of carbonyl (C=O) groups excluding carboxylic acids is 2. The molecule has 0 spiro atoms. The maximum atomic E-state index is 11.5. The van der Waals surface area contributed by atoms with E-state index in [-0.39, 0.29) is 17.8 Å². The quantitative estimate of drug-likeness (QED) is 0.307. The van der Waals surface area contributed by atoms with E-state index in [2.05, 4.69) is 5.28 Å². The van der Waals surface area contributed by atoms with Crippen LogP contribution in [0.5, 0.6) is 0 Å². The molecule has 0 bridgehead atoms.